The van der Waals surface area contributed by atoms with Crippen LogP contribution in [-0.2, 0) is 48.6 Å². The Morgan fingerprint density at radius 3 is 2.24 bits per heavy atom. The molecule has 3 aromatic rings. The van der Waals surface area contributed by atoms with Crippen LogP contribution in [-0.4, -0.2) is 85.5 Å². The van der Waals surface area contributed by atoms with Crippen molar-refractivity contribution in [2.75, 3.05) is 26.3 Å². The smallest absolute Gasteiger partial charge is 0.348 e. The number of aliphatic hydroxyl groups excluding tert-OH is 1. The number of amides is 2. The average Bonchev–Trinajstić information content (AvgIpc) is 3.70. The standard InChI is InChI=1S/C41H42N2O11/c1-40(2)25-50-39(49)36(40)52-34(46)17-16-26-10-9-11-27(22-26)38(48)51-31-23-28(37(47)43-19-18-33(45)42-20-21-44)24-32-35(31)54-41(53-32,29-12-5-3-6-13-29)30-14-7-4-8-15-30/h3-17,22,24,31-32,35-36,44H,18-21,23,25H2,1-2H3,(H,42,45)(H,43,47)/t31-,32-,35+,36+/m1/s1. The summed E-state index contributed by atoms with van der Waals surface area (Å²) in [5.74, 6) is -4.22. The fraction of sp³-hybridized carbons (Fsp3) is 0.341. The summed E-state index contributed by atoms with van der Waals surface area (Å²) in [6.45, 7) is 3.63. The second-order valence-electron chi connectivity index (χ2n) is 13.8. The minimum atomic E-state index is -1.39. The highest BCUT2D eigenvalue weighted by Crippen LogP contribution is 2.47. The zero-order valence-electron chi connectivity index (χ0n) is 29.9. The lowest BCUT2D eigenvalue weighted by Crippen LogP contribution is -2.44. The van der Waals surface area contributed by atoms with Crippen molar-refractivity contribution in [2.24, 2.45) is 5.41 Å². The van der Waals surface area contributed by atoms with E-state index in [0.717, 1.165) is 0 Å². The van der Waals surface area contributed by atoms with Crippen LogP contribution < -0.4 is 10.6 Å². The van der Waals surface area contributed by atoms with Crippen LogP contribution in [0.25, 0.3) is 6.08 Å². The quantitative estimate of drug-likeness (QED) is 0.133. The molecule has 54 heavy (non-hydrogen) atoms. The van der Waals surface area contributed by atoms with E-state index in [0.29, 0.717) is 16.7 Å². The zero-order valence-corrected chi connectivity index (χ0v) is 29.9. The number of rotatable bonds is 13. The van der Waals surface area contributed by atoms with Gasteiger partial charge in [-0.1, -0.05) is 86.6 Å². The first-order valence-electron chi connectivity index (χ1n) is 17.7. The molecule has 1 aliphatic carbocycles. The van der Waals surface area contributed by atoms with Gasteiger partial charge in [-0.25, -0.2) is 14.4 Å². The molecule has 13 heteroatoms. The molecule has 0 radical (unpaired) electrons. The summed E-state index contributed by atoms with van der Waals surface area (Å²) >= 11 is 0. The minimum absolute atomic E-state index is 0.00183. The number of cyclic esters (lactones) is 1. The Bertz CT molecular complexity index is 1890. The molecule has 4 atom stereocenters. The van der Waals surface area contributed by atoms with Crippen LogP contribution in [0.4, 0.5) is 0 Å². The van der Waals surface area contributed by atoms with Gasteiger partial charge in [0.15, 0.2) is 0 Å². The third-order valence-corrected chi connectivity index (χ3v) is 9.29. The van der Waals surface area contributed by atoms with Gasteiger partial charge in [-0.15, -0.1) is 0 Å². The monoisotopic (exact) mass is 738 g/mol. The van der Waals surface area contributed by atoms with Crippen LogP contribution in [0.3, 0.4) is 0 Å². The molecule has 3 N–H and O–H groups in total. The fourth-order valence-electron chi connectivity index (χ4n) is 6.51. The summed E-state index contributed by atoms with van der Waals surface area (Å²) in [5, 5.41) is 14.3. The molecule has 0 aromatic heterocycles. The molecule has 282 valence electrons. The average molecular weight is 739 g/mol. The second kappa shape index (κ2) is 16.6. The molecule has 3 aromatic carbocycles. The molecule has 2 aliphatic heterocycles. The first kappa shape index (κ1) is 38.1. The molecule has 2 fully saturated rings. The van der Waals surface area contributed by atoms with E-state index in [1.54, 1.807) is 38.1 Å². The molecule has 0 bridgehead atoms. The van der Waals surface area contributed by atoms with Crippen molar-refractivity contribution in [1.82, 2.24) is 10.6 Å². The highest BCUT2D eigenvalue weighted by molar-refractivity contribution is 5.95. The van der Waals surface area contributed by atoms with E-state index in [9.17, 15) is 24.0 Å². The van der Waals surface area contributed by atoms with E-state index in [2.05, 4.69) is 10.6 Å². The number of carbonyl (C=O) groups is 5. The van der Waals surface area contributed by atoms with Crippen molar-refractivity contribution in [1.29, 1.82) is 0 Å². The predicted octanol–water partition coefficient (Wildman–Crippen LogP) is 3.35. The third-order valence-electron chi connectivity index (χ3n) is 9.29. The molecule has 0 spiro atoms. The lowest BCUT2D eigenvalue weighted by molar-refractivity contribution is -0.159. The van der Waals surface area contributed by atoms with E-state index in [-0.39, 0.29) is 56.2 Å². The molecule has 2 saturated heterocycles. The van der Waals surface area contributed by atoms with Crippen LogP contribution in [0.5, 0.6) is 0 Å². The van der Waals surface area contributed by atoms with E-state index < -0.39 is 59.4 Å². The van der Waals surface area contributed by atoms with Gasteiger partial charge >= 0.3 is 17.9 Å². The van der Waals surface area contributed by atoms with Gasteiger partial charge in [-0.05, 0) is 29.8 Å². The molecule has 2 heterocycles. The molecular formula is C41H42N2O11. The lowest BCUT2D eigenvalue weighted by Gasteiger charge is -2.31. The van der Waals surface area contributed by atoms with Crippen molar-refractivity contribution in [2.45, 2.75) is 56.9 Å². The van der Waals surface area contributed by atoms with E-state index in [1.807, 2.05) is 60.7 Å². The summed E-state index contributed by atoms with van der Waals surface area (Å²) in [6, 6.07) is 25.1. The van der Waals surface area contributed by atoms with Crippen molar-refractivity contribution in [3.63, 3.8) is 0 Å². The first-order chi connectivity index (χ1) is 26.0. The maximum Gasteiger partial charge on any atom is 0.348 e. The number of ether oxygens (including phenoxy) is 5. The van der Waals surface area contributed by atoms with Gasteiger partial charge in [0.1, 0.15) is 24.9 Å². The van der Waals surface area contributed by atoms with Gasteiger partial charge in [0.05, 0.1) is 12.2 Å². The molecule has 0 unspecified atom stereocenters. The summed E-state index contributed by atoms with van der Waals surface area (Å²) < 4.78 is 30.0. The Morgan fingerprint density at radius 1 is 0.889 bits per heavy atom. The summed E-state index contributed by atoms with van der Waals surface area (Å²) in [4.78, 5) is 63.9. The van der Waals surface area contributed by atoms with E-state index in [4.69, 9.17) is 28.8 Å². The zero-order chi connectivity index (χ0) is 38.3. The summed E-state index contributed by atoms with van der Waals surface area (Å²) in [5.41, 5.74) is 1.70. The largest absolute Gasteiger partial charge is 0.462 e. The topological polar surface area (TPSA) is 176 Å². The molecular weight excluding hydrogens is 696 g/mol. The van der Waals surface area contributed by atoms with Gasteiger partial charge in [0.25, 0.3) is 0 Å². The van der Waals surface area contributed by atoms with Crippen LogP contribution in [0.15, 0.2) is 103 Å². The van der Waals surface area contributed by atoms with E-state index >= 15 is 0 Å². The maximum atomic E-state index is 13.8. The van der Waals surface area contributed by atoms with Gasteiger partial charge in [-0.2, -0.15) is 0 Å². The predicted molar refractivity (Wildman–Crippen MR) is 193 cm³/mol. The normalized spacial score (nSPS) is 22.4. The number of fused-ring (bicyclic) bond motifs is 1. The molecule has 6 rings (SSSR count). The van der Waals surface area contributed by atoms with Gasteiger partial charge in [0, 0.05) is 54.1 Å². The maximum absolute atomic E-state index is 13.8. The second-order valence-corrected chi connectivity index (χ2v) is 13.8. The SMILES string of the molecule is CC1(C)COC(=O)[C@@H]1OC(=O)C=Cc1cccc(C(=O)O[C@@H]2CC(C(=O)NCCC(=O)NCCO)=C[C@H]3OC(c4ccccc4)(c4ccccc4)O[C@H]32)c1. The van der Waals surface area contributed by atoms with Crippen molar-refractivity contribution in [3.05, 3.63) is 125 Å². The number of nitrogens with one attached hydrogen (secondary N) is 2. The Balaban J connectivity index is 1.22. The number of aliphatic hydroxyl groups is 1. The summed E-state index contributed by atoms with van der Waals surface area (Å²) in [7, 11) is 0. The first-order valence-corrected chi connectivity index (χ1v) is 17.7. The summed E-state index contributed by atoms with van der Waals surface area (Å²) in [6.07, 6.45) is 0.649. The molecule has 0 saturated carbocycles. The minimum Gasteiger partial charge on any atom is -0.462 e. The Kier molecular flexibility index (Phi) is 11.7. The Labute approximate surface area is 312 Å². The van der Waals surface area contributed by atoms with Crippen LogP contribution in [0.2, 0.25) is 0 Å². The highest BCUT2D eigenvalue weighted by Gasteiger charge is 2.55. The number of hydrogen-bond acceptors (Lipinski definition) is 11. The lowest BCUT2D eigenvalue weighted by atomic mass is 9.90. The third kappa shape index (κ3) is 8.60. The van der Waals surface area contributed by atoms with Crippen molar-refractivity contribution >= 4 is 35.8 Å². The molecule has 13 nitrogen and oxygen atoms in total. The number of esters is 3. The Hall–Kier alpha value is -5.63. The van der Waals surface area contributed by atoms with Gasteiger partial charge in [0.2, 0.25) is 23.7 Å². The molecule has 2 amide bonds. The van der Waals surface area contributed by atoms with Gasteiger partial charge in [-0.3, -0.25) is 9.59 Å². The van der Waals surface area contributed by atoms with Crippen LogP contribution >= 0.6 is 0 Å². The Morgan fingerprint density at radius 2 is 1.59 bits per heavy atom. The van der Waals surface area contributed by atoms with Crippen molar-refractivity contribution in [3.8, 4) is 0 Å². The number of carbonyl (C=O) groups excluding carboxylic acids is 5. The van der Waals surface area contributed by atoms with Crippen LogP contribution in [0.1, 0.15) is 53.7 Å². The van der Waals surface area contributed by atoms with Crippen LogP contribution in [0, 0.1) is 5.41 Å². The van der Waals surface area contributed by atoms with E-state index in [1.165, 1.54) is 18.2 Å². The van der Waals surface area contributed by atoms with Crippen molar-refractivity contribution < 1.29 is 52.8 Å². The highest BCUT2D eigenvalue weighted by atomic mass is 16.8. The van der Waals surface area contributed by atoms with Gasteiger partial charge < -0.3 is 39.4 Å². The fourth-order valence-corrected chi connectivity index (χ4v) is 6.51. The number of benzene rings is 3. The molecule has 3 aliphatic rings. The number of hydrogen-bond donors (Lipinski definition) is 3.